The zero-order chi connectivity index (χ0) is 27.7. The van der Waals surface area contributed by atoms with E-state index >= 15 is 0 Å². The molecule has 0 aliphatic rings. The highest BCUT2D eigenvalue weighted by Gasteiger charge is 2.28. The Labute approximate surface area is 219 Å². The van der Waals surface area contributed by atoms with Crippen molar-refractivity contribution in [2.24, 2.45) is 0 Å². The molecule has 1 aromatic carbocycles. The third-order valence-electron chi connectivity index (χ3n) is 5.95. The van der Waals surface area contributed by atoms with Gasteiger partial charge in [0.2, 0.25) is 0 Å². The number of nitrogens with zero attached hydrogens (tertiary/aromatic N) is 6. The second kappa shape index (κ2) is 10.1. The van der Waals surface area contributed by atoms with E-state index in [0.29, 0.717) is 28.2 Å². The smallest absolute Gasteiger partial charge is 0.422 e. The van der Waals surface area contributed by atoms with Crippen LogP contribution < -0.4 is 21.3 Å². The number of nitrogen functional groups attached to an aromatic ring is 1. The van der Waals surface area contributed by atoms with Crippen LogP contribution in [0.5, 0.6) is 5.75 Å². The molecule has 200 valence electrons. The van der Waals surface area contributed by atoms with Crippen LogP contribution in [-0.2, 0) is 0 Å². The largest absolute Gasteiger partial charge is 0.482 e. The van der Waals surface area contributed by atoms with Crippen LogP contribution in [0.3, 0.4) is 0 Å². The lowest BCUT2D eigenvalue weighted by Crippen LogP contribution is -2.29. The fourth-order valence-electron chi connectivity index (χ4n) is 4.20. The zero-order valence-electron chi connectivity index (χ0n) is 20.8. The van der Waals surface area contributed by atoms with Crippen molar-refractivity contribution >= 4 is 17.2 Å². The van der Waals surface area contributed by atoms with Gasteiger partial charge in [0, 0.05) is 18.0 Å². The van der Waals surface area contributed by atoms with Crippen molar-refractivity contribution in [3.63, 3.8) is 0 Å². The number of pyridine rings is 1. The molecular weight excluding hydrogens is 513 g/mol. The van der Waals surface area contributed by atoms with Crippen molar-refractivity contribution in [2.45, 2.75) is 26.1 Å². The summed E-state index contributed by atoms with van der Waals surface area (Å²) >= 11 is 0. The maximum atomic E-state index is 13.6. The summed E-state index contributed by atoms with van der Waals surface area (Å²) in [5, 5.41) is 7.95. The van der Waals surface area contributed by atoms with Gasteiger partial charge in [-0.05, 0) is 43.7 Å². The molecule has 0 aliphatic carbocycles. The highest BCUT2D eigenvalue weighted by Crippen LogP contribution is 2.34. The number of aromatic nitrogens is 6. The molecule has 39 heavy (non-hydrogen) atoms. The third-order valence-corrected chi connectivity index (χ3v) is 5.95. The van der Waals surface area contributed by atoms with Gasteiger partial charge in [0.15, 0.2) is 12.4 Å². The maximum Gasteiger partial charge on any atom is 0.422 e. The van der Waals surface area contributed by atoms with Crippen LogP contribution in [0.2, 0.25) is 0 Å². The number of benzene rings is 1. The Balaban J connectivity index is 1.57. The van der Waals surface area contributed by atoms with Gasteiger partial charge in [0.05, 0.1) is 23.5 Å². The van der Waals surface area contributed by atoms with Crippen molar-refractivity contribution in [2.75, 3.05) is 17.7 Å². The summed E-state index contributed by atoms with van der Waals surface area (Å²) < 4.78 is 45.9. The molecule has 0 radical (unpaired) electrons. The summed E-state index contributed by atoms with van der Waals surface area (Å²) in [5.74, 6) is 0.625. The van der Waals surface area contributed by atoms with E-state index in [0.717, 1.165) is 5.56 Å². The van der Waals surface area contributed by atoms with Crippen molar-refractivity contribution < 1.29 is 17.9 Å². The first kappa shape index (κ1) is 25.7. The Bertz CT molecular complexity index is 1700. The van der Waals surface area contributed by atoms with Crippen LogP contribution in [0.1, 0.15) is 24.4 Å². The number of ether oxygens (including phenoxy) is 1. The first-order valence-corrected chi connectivity index (χ1v) is 11.8. The van der Waals surface area contributed by atoms with E-state index < -0.39 is 18.8 Å². The van der Waals surface area contributed by atoms with Gasteiger partial charge in [-0.2, -0.15) is 18.3 Å². The van der Waals surface area contributed by atoms with Crippen LogP contribution in [-0.4, -0.2) is 41.9 Å². The predicted molar refractivity (Wildman–Crippen MR) is 139 cm³/mol. The summed E-state index contributed by atoms with van der Waals surface area (Å²) in [6, 6.07) is 11.7. The number of nitrogens with one attached hydrogen (secondary N) is 1. The molecular formula is C26H23F3N8O2. The minimum absolute atomic E-state index is 0.0689. The minimum Gasteiger partial charge on any atom is -0.482 e. The monoisotopic (exact) mass is 536 g/mol. The average molecular weight is 537 g/mol. The predicted octanol–water partition coefficient (Wildman–Crippen LogP) is 4.34. The standard InChI is InChI=1S/C26H23F3N8O2/c1-15-8-9-36-21(15)25(38)37(18-6-4-3-5-7-18)24(35-36)16(2)34-23-20(22(30)32-14-33-23)17-10-19(12-31-11-17)39-13-26(27,28)29/h3-12,14,16H,13H2,1-2H3,(H3,30,32,33,34). The Morgan fingerprint density at radius 3 is 2.64 bits per heavy atom. The van der Waals surface area contributed by atoms with Crippen molar-refractivity contribution in [1.82, 2.24) is 29.1 Å². The summed E-state index contributed by atoms with van der Waals surface area (Å²) in [7, 11) is 0. The summed E-state index contributed by atoms with van der Waals surface area (Å²) in [6.07, 6.45) is 1.04. The van der Waals surface area contributed by atoms with Crippen molar-refractivity contribution in [3.05, 3.63) is 89.1 Å². The number of rotatable bonds is 7. The number of fused-ring (bicyclic) bond motifs is 1. The molecule has 4 heterocycles. The number of anilines is 2. The SMILES string of the molecule is Cc1ccn2nc(C(C)Nc3ncnc(N)c3-c3cncc(OCC(F)(F)F)c3)n(-c3ccccc3)c(=O)c12. The zero-order valence-corrected chi connectivity index (χ0v) is 20.8. The molecule has 13 heteroatoms. The van der Waals surface area contributed by atoms with Gasteiger partial charge in [-0.3, -0.25) is 14.3 Å². The molecule has 0 saturated heterocycles. The van der Waals surface area contributed by atoms with Gasteiger partial charge >= 0.3 is 6.18 Å². The Kier molecular flexibility index (Phi) is 6.64. The molecule has 5 aromatic rings. The molecule has 0 spiro atoms. The number of hydrogen-bond donors (Lipinski definition) is 2. The van der Waals surface area contributed by atoms with E-state index in [1.165, 1.54) is 33.9 Å². The molecule has 0 fully saturated rings. The van der Waals surface area contributed by atoms with Crippen LogP contribution >= 0.6 is 0 Å². The number of halogens is 3. The number of nitrogens with two attached hydrogens (primary N) is 1. The Hall–Kier alpha value is -4.94. The molecule has 1 atom stereocenters. The van der Waals surface area contributed by atoms with Gasteiger partial charge < -0.3 is 15.8 Å². The molecule has 1 unspecified atom stereocenters. The van der Waals surface area contributed by atoms with Gasteiger partial charge in [0.25, 0.3) is 5.56 Å². The summed E-state index contributed by atoms with van der Waals surface area (Å²) in [6.45, 7) is 2.17. The van der Waals surface area contributed by atoms with E-state index in [4.69, 9.17) is 15.6 Å². The van der Waals surface area contributed by atoms with Gasteiger partial charge in [-0.15, -0.1) is 0 Å². The van der Waals surface area contributed by atoms with Crippen LogP contribution in [0.4, 0.5) is 24.8 Å². The quantitative estimate of drug-likeness (QED) is 0.315. The fourth-order valence-corrected chi connectivity index (χ4v) is 4.20. The molecule has 0 bridgehead atoms. The lowest BCUT2D eigenvalue weighted by atomic mass is 10.1. The van der Waals surface area contributed by atoms with Gasteiger partial charge in [0.1, 0.15) is 29.2 Å². The third kappa shape index (κ3) is 5.23. The number of hydrogen-bond acceptors (Lipinski definition) is 8. The number of para-hydroxylation sites is 1. The summed E-state index contributed by atoms with van der Waals surface area (Å²) in [4.78, 5) is 26.0. The highest BCUT2D eigenvalue weighted by atomic mass is 19.4. The number of aryl methyl sites for hydroxylation is 1. The Morgan fingerprint density at radius 1 is 1.13 bits per heavy atom. The van der Waals surface area contributed by atoms with Gasteiger partial charge in [-0.1, -0.05) is 18.2 Å². The van der Waals surface area contributed by atoms with E-state index in [-0.39, 0.29) is 22.9 Å². The second-order valence-electron chi connectivity index (χ2n) is 8.79. The van der Waals surface area contributed by atoms with E-state index in [2.05, 4.69) is 20.3 Å². The number of alkyl halides is 3. The Morgan fingerprint density at radius 2 is 1.90 bits per heavy atom. The molecule has 0 saturated carbocycles. The van der Waals surface area contributed by atoms with E-state index in [1.807, 2.05) is 31.2 Å². The maximum absolute atomic E-state index is 13.6. The lowest BCUT2D eigenvalue weighted by molar-refractivity contribution is -0.153. The highest BCUT2D eigenvalue weighted by molar-refractivity contribution is 5.83. The molecule has 0 aliphatic heterocycles. The molecule has 4 aromatic heterocycles. The fraction of sp³-hybridized carbons (Fsp3) is 0.192. The van der Waals surface area contributed by atoms with Crippen LogP contribution in [0.15, 0.2) is 72.2 Å². The molecule has 5 rings (SSSR count). The molecule has 3 N–H and O–H groups in total. The van der Waals surface area contributed by atoms with E-state index in [1.54, 1.807) is 25.3 Å². The topological polar surface area (TPSA) is 125 Å². The van der Waals surface area contributed by atoms with Crippen molar-refractivity contribution in [3.8, 4) is 22.6 Å². The molecule has 0 amide bonds. The minimum atomic E-state index is -4.51. The van der Waals surface area contributed by atoms with Crippen molar-refractivity contribution in [1.29, 1.82) is 0 Å². The normalized spacial score (nSPS) is 12.4. The van der Waals surface area contributed by atoms with Crippen LogP contribution in [0, 0.1) is 6.92 Å². The molecule has 10 nitrogen and oxygen atoms in total. The van der Waals surface area contributed by atoms with Gasteiger partial charge in [-0.25, -0.2) is 14.5 Å². The lowest BCUT2D eigenvalue weighted by Gasteiger charge is -2.21. The first-order chi connectivity index (χ1) is 18.6. The first-order valence-electron chi connectivity index (χ1n) is 11.8. The average Bonchev–Trinajstić information content (AvgIpc) is 3.28. The summed E-state index contributed by atoms with van der Waals surface area (Å²) in [5.41, 5.74) is 8.43. The second-order valence-corrected chi connectivity index (χ2v) is 8.79. The van der Waals surface area contributed by atoms with Crippen LogP contribution in [0.25, 0.3) is 22.3 Å². The van der Waals surface area contributed by atoms with E-state index in [9.17, 15) is 18.0 Å².